The van der Waals surface area contributed by atoms with Crippen LogP contribution in [0.2, 0.25) is 10.0 Å². The van der Waals surface area contributed by atoms with Crippen LogP contribution in [-0.2, 0) is 0 Å². The molecule has 2 aromatic heterocycles. The molecule has 0 radical (unpaired) electrons. The van der Waals surface area contributed by atoms with E-state index in [1.165, 1.54) is 11.3 Å². The van der Waals surface area contributed by atoms with Crippen molar-refractivity contribution >= 4 is 50.6 Å². The molecule has 0 aliphatic rings. The number of thiophene rings is 1. The third kappa shape index (κ3) is 2.00. The quantitative estimate of drug-likeness (QED) is 0.683. The minimum atomic E-state index is 0.449. The fourth-order valence-corrected chi connectivity index (χ4v) is 3.43. The number of nitrogen functional groups attached to an aromatic ring is 1. The summed E-state index contributed by atoms with van der Waals surface area (Å²) < 4.78 is 5.74. The van der Waals surface area contributed by atoms with Crippen LogP contribution in [0.3, 0.4) is 0 Å². The Hall–Kier alpha value is -1.23. The lowest BCUT2D eigenvalue weighted by Gasteiger charge is -1.95. The third-order valence-electron chi connectivity index (χ3n) is 3.04. The molecule has 0 atom stereocenters. The van der Waals surface area contributed by atoms with Gasteiger partial charge in [0.25, 0.3) is 0 Å². The van der Waals surface area contributed by atoms with Gasteiger partial charge in [0, 0.05) is 9.90 Å². The molecule has 0 fully saturated rings. The van der Waals surface area contributed by atoms with Gasteiger partial charge in [-0.1, -0.05) is 23.2 Å². The number of nitrogens with zero attached hydrogens (tertiary/aromatic N) is 1. The average molecular weight is 313 g/mol. The Balaban J connectivity index is 2.29. The standard InChI is InChI=1S/C13H10Cl2N2OS/c1-5-6(2)19-12(16)10(5)13-17-9-4-7(14)3-8(15)11(9)18-13/h3-4H,16H2,1-2H3. The second-order valence-electron chi connectivity index (χ2n) is 4.28. The van der Waals surface area contributed by atoms with Gasteiger partial charge in [-0.2, -0.15) is 0 Å². The molecule has 0 amide bonds. The third-order valence-corrected chi connectivity index (χ3v) is 4.57. The lowest BCUT2D eigenvalue weighted by Crippen LogP contribution is -1.85. The van der Waals surface area contributed by atoms with E-state index in [0.717, 1.165) is 16.0 Å². The van der Waals surface area contributed by atoms with Crippen LogP contribution in [0.15, 0.2) is 16.5 Å². The number of fused-ring (bicyclic) bond motifs is 1. The number of nitrogens with two attached hydrogens (primary N) is 1. The van der Waals surface area contributed by atoms with Crippen LogP contribution in [0.25, 0.3) is 22.6 Å². The molecule has 2 N–H and O–H groups in total. The summed E-state index contributed by atoms with van der Waals surface area (Å²) in [6.07, 6.45) is 0. The maximum absolute atomic E-state index is 6.10. The Labute approximate surface area is 124 Å². The monoisotopic (exact) mass is 312 g/mol. The highest BCUT2D eigenvalue weighted by atomic mass is 35.5. The molecule has 0 aliphatic carbocycles. The average Bonchev–Trinajstić information content (AvgIpc) is 2.81. The highest BCUT2D eigenvalue weighted by Gasteiger charge is 2.19. The number of hydrogen-bond donors (Lipinski definition) is 1. The minimum absolute atomic E-state index is 0.449. The number of halogens is 2. The molecule has 0 bridgehead atoms. The topological polar surface area (TPSA) is 52.0 Å². The Morgan fingerprint density at radius 3 is 2.63 bits per heavy atom. The summed E-state index contributed by atoms with van der Waals surface area (Å²) in [5, 5.41) is 1.68. The number of hydrogen-bond acceptors (Lipinski definition) is 4. The molecular weight excluding hydrogens is 303 g/mol. The number of anilines is 1. The van der Waals surface area contributed by atoms with E-state index in [4.69, 9.17) is 33.4 Å². The minimum Gasteiger partial charge on any atom is -0.434 e. The summed E-state index contributed by atoms with van der Waals surface area (Å²) in [6, 6.07) is 3.36. The number of rotatable bonds is 1. The first-order valence-corrected chi connectivity index (χ1v) is 7.16. The molecule has 3 rings (SSSR count). The van der Waals surface area contributed by atoms with Crippen LogP contribution < -0.4 is 5.73 Å². The van der Waals surface area contributed by atoms with E-state index in [1.54, 1.807) is 12.1 Å². The Bertz CT molecular complexity index is 792. The van der Waals surface area contributed by atoms with E-state index < -0.39 is 0 Å². The molecule has 0 saturated carbocycles. The van der Waals surface area contributed by atoms with Crippen LogP contribution in [0, 0.1) is 13.8 Å². The molecule has 19 heavy (non-hydrogen) atoms. The molecule has 98 valence electrons. The van der Waals surface area contributed by atoms with Crippen LogP contribution in [0.5, 0.6) is 0 Å². The lowest BCUT2D eigenvalue weighted by atomic mass is 10.1. The first-order valence-electron chi connectivity index (χ1n) is 5.59. The zero-order valence-corrected chi connectivity index (χ0v) is 12.6. The molecule has 0 unspecified atom stereocenters. The van der Waals surface area contributed by atoms with Gasteiger partial charge in [-0.15, -0.1) is 11.3 Å². The van der Waals surface area contributed by atoms with Gasteiger partial charge in [0.1, 0.15) is 5.52 Å². The van der Waals surface area contributed by atoms with Crippen molar-refractivity contribution < 1.29 is 4.42 Å². The SMILES string of the molecule is Cc1sc(N)c(-c2nc3cc(Cl)cc(Cl)c3o2)c1C. The lowest BCUT2D eigenvalue weighted by molar-refractivity contribution is 0.620. The fourth-order valence-electron chi connectivity index (χ4n) is 1.99. The van der Waals surface area contributed by atoms with Gasteiger partial charge in [-0.3, -0.25) is 0 Å². The predicted octanol–water partition coefficient (Wildman–Crippen LogP) is 5.06. The first-order chi connectivity index (χ1) is 8.97. The van der Waals surface area contributed by atoms with Crippen molar-refractivity contribution in [3.05, 3.63) is 32.6 Å². The van der Waals surface area contributed by atoms with E-state index in [0.29, 0.717) is 32.0 Å². The largest absolute Gasteiger partial charge is 0.434 e. The summed E-state index contributed by atoms with van der Waals surface area (Å²) in [4.78, 5) is 5.58. The molecular formula is C13H10Cl2N2OS. The molecule has 0 spiro atoms. The summed E-state index contributed by atoms with van der Waals surface area (Å²) in [6.45, 7) is 4.02. The zero-order chi connectivity index (χ0) is 13.7. The Kier molecular flexibility index (Phi) is 2.96. The maximum atomic E-state index is 6.10. The van der Waals surface area contributed by atoms with Gasteiger partial charge in [0.05, 0.1) is 15.6 Å². The van der Waals surface area contributed by atoms with Crippen LogP contribution in [0.4, 0.5) is 5.00 Å². The van der Waals surface area contributed by atoms with Gasteiger partial charge in [0.15, 0.2) is 5.58 Å². The van der Waals surface area contributed by atoms with E-state index >= 15 is 0 Å². The predicted molar refractivity (Wildman–Crippen MR) is 81.2 cm³/mol. The first kappa shape index (κ1) is 12.8. The van der Waals surface area contributed by atoms with Crippen molar-refractivity contribution in [3.8, 4) is 11.5 Å². The summed E-state index contributed by atoms with van der Waals surface area (Å²) in [5.74, 6) is 0.485. The van der Waals surface area contributed by atoms with Gasteiger partial charge >= 0.3 is 0 Å². The van der Waals surface area contributed by atoms with Crippen molar-refractivity contribution in [1.82, 2.24) is 4.98 Å². The molecule has 3 nitrogen and oxygen atoms in total. The van der Waals surface area contributed by atoms with Crippen LogP contribution >= 0.6 is 34.5 Å². The summed E-state index contributed by atoms with van der Waals surface area (Å²) >= 11 is 13.6. The van der Waals surface area contributed by atoms with E-state index in [-0.39, 0.29) is 0 Å². The van der Waals surface area contributed by atoms with Crippen molar-refractivity contribution in [2.24, 2.45) is 0 Å². The van der Waals surface area contributed by atoms with Crippen molar-refractivity contribution in [2.45, 2.75) is 13.8 Å². The normalized spacial score (nSPS) is 11.4. The van der Waals surface area contributed by atoms with E-state index in [2.05, 4.69) is 4.98 Å². The Morgan fingerprint density at radius 1 is 1.26 bits per heavy atom. The Morgan fingerprint density at radius 2 is 2.00 bits per heavy atom. The van der Waals surface area contributed by atoms with E-state index in [1.807, 2.05) is 13.8 Å². The second kappa shape index (κ2) is 4.40. The molecule has 6 heteroatoms. The smallest absolute Gasteiger partial charge is 0.230 e. The summed E-state index contributed by atoms with van der Waals surface area (Å²) in [5.41, 5.74) is 9.11. The van der Waals surface area contributed by atoms with Gasteiger partial charge in [-0.05, 0) is 31.5 Å². The number of benzene rings is 1. The molecule has 0 aliphatic heterocycles. The van der Waals surface area contributed by atoms with Crippen LogP contribution in [-0.4, -0.2) is 4.98 Å². The van der Waals surface area contributed by atoms with Gasteiger partial charge < -0.3 is 10.2 Å². The second-order valence-corrected chi connectivity index (χ2v) is 6.38. The number of aryl methyl sites for hydroxylation is 1. The molecule has 1 aromatic carbocycles. The maximum Gasteiger partial charge on any atom is 0.230 e. The number of aromatic nitrogens is 1. The van der Waals surface area contributed by atoms with E-state index in [9.17, 15) is 0 Å². The van der Waals surface area contributed by atoms with Crippen LogP contribution in [0.1, 0.15) is 10.4 Å². The molecule has 3 aromatic rings. The number of oxazole rings is 1. The zero-order valence-electron chi connectivity index (χ0n) is 10.3. The highest BCUT2D eigenvalue weighted by molar-refractivity contribution is 7.16. The summed E-state index contributed by atoms with van der Waals surface area (Å²) in [7, 11) is 0. The van der Waals surface area contributed by atoms with Crippen molar-refractivity contribution in [2.75, 3.05) is 5.73 Å². The van der Waals surface area contributed by atoms with Crippen molar-refractivity contribution in [3.63, 3.8) is 0 Å². The highest BCUT2D eigenvalue weighted by Crippen LogP contribution is 2.40. The van der Waals surface area contributed by atoms with Crippen molar-refractivity contribution in [1.29, 1.82) is 0 Å². The van der Waals surface area contributed by atoms with Gasteiger partial charge in [-0.25, -0.2) is 4.98 Å². The molecule has 0 saturated heterocycles. The molecule has 2 heterocycles. The fraction of sp³-hybridized carbons (Fsp3) is 0.154. The van der Waals surface area contributed by atoms with Gasteiger partial charge in [0.2, 0.25) is 5.89 Å².